The molecule has 0 unspecified atom stereocenters. The molecule has 1 aromatic carbocycles. The minimum atomic E-state index is -2.89. The van der Waals surface area contributed by atoms with Crippen molar-refractivity contribution in [3.63, 3.8) is 0 Å². The average Bonchev–Trinajstić information content (AvgIpc) is 3.12. The van der Waals surface area contributed by atoms with Crippen molar-refractivity contribution in [1.29, 1.82) is 0 Å². The average molecular weight is 465 g/mol. The molecule has 1 saturated heterocycles. The summed E-state index contributed by atoms with van der Waals surface area (Å²) in [5.74, 6) is 1.70. The molecule has 2 aromatic heterocycles. The molecule has 32 heavy (non-hydrogen) atoms. The molecule has 172 valence electrons. The van der Waals surface area contributed by atoms with Gasteiger partial charge in [-0.05, 0) is 46.0 Å². The smallest absolute Gasteiger partial charge is 0.387 e. The first kappa shape index (κ1) is 23.9. The van der Waals surface area contributed by atoms with Crippen LogP contribution >= 0.6 is 0 Å². The highest BCUT2D eigenvalue weighted by atomic mass is 32.2. The van der Waals surface area contributed by atoms with Crippen LogP contribution in [0.4, 0.5) is 8.78 Å². The van der Waals surface area contributed by atoms with E-state index in [2.05, 4.69) is 27.1 Å². The SMILES string of the molecule is CC(C)n1nc(-c2cccc(OC(F)F)c2)c2ncc(C=O)cc21.CNC1(C)CS(=O)C1. The Bertz CT molecular complexity index is 1130. The molecule has 10 heteroatoms. The number of benzene rings is 1. The van der Waals surface area contributed by atoms with Crippen LogP contribution < -0.4 is 10.1 Å². The number of rotatable bonds is 6. The molecule has 7 nitrogen and oxygen atoms in total. The van der Waals surface area contributed by atoms with Crippen LogP contribution in [0.3, 0.4) is 0 Å². The molecule has 1 aliphatic rings. The molecule has 0 radical (unpaired) electrons. The number of nitrogens with one attached hydrogen (secondary N) is 1. The molecular formula is C22H26F2N4O3S. The second-order valence-electron chi connectivity index (χ2n) is 8.09. The van der Waals surface area contributed by atoms with Crippen molar-refractivity contribution in [2.75, 3.05) is 18.6 Å². The van der Waals surface area contributed by atoms with Gasteiger partial charge in [0.1, 0.15) is 17.0 Å². The first-order chi connectivity index (χ1) is 15.2. The number of halogens is 2. The van der Waals surface area contributed by atoms with E-state index in [-0.39, 0.29) is 17.3 Å². The second kappa shape index (κ2) is 9.83. The van der Waals surface area contributed by atoms with Gasteiger partial charge < -0.3 is 10.1 Å². The summed E-state index contributed by atoms with van der Waals surface area (Å²) in [5.41, 5.74) is 3.11. The van der Waals surface area contributed by atoms with Gasteiger partial charge in [-0.1, -0.05) is 12.1 Å². The fraction of sp³-hybridized carbons (Fsp3) is 0.409. The van der Waals surface area contributed by atoms with E-state index in [0.717, 1.165) is 17.8 Å². The van der Waals surface area contributed by atoms with Crippen LogP contribution in [0.1, 0.15) is 37.2 Å². The van der Waals surface area contributed by atoms with Crippen LogP contribution in [0.2, 0.25) is 0 Å². The number of carbonyl (C=O) groups excluding carboxylic acids is 1. The molecule has 0 amide bonds. The molecule has 1 fully saturated rings. The zero-order valence-electron chi connectivity index (χ0n) is 18.3. The summed E-state index contributed by atoms with van der Waals surface area (Å²) in [5, 5.41) is 7.67. The van der Waals surface area contributed by atoms with E-state index in [9.17, 15) is 17.8 Å². The lowest BCUT2D eigenvalue weighted by Crippen LogP contribution is -2.58. The van der Waals surface area contributed by atoms with E-state index in [1.807, 2.05) is 20.9 Å². The number of ether oxygens (including phenoxy) is 1. The van der Waals surface area contributed by atoms with Gasteiger partial charge in [-0.3, -0.25) is 18.7 Å². The van der Waals surface area contributed by atoms with Crippen molar-refractivity contribution < 1.29 is 22.5 Å². The molecule has 0 aliphatic carbocycles. The highest BCUT2D eigenvalue weighted by Gasteiger charge is 2.36. The predicted molar refractivity (Wildman–Crippen MR) is 121 cm³/mol. The Kier molecular flexibility index (Phi) is 7.35. The number of aromatic nitrogens is 3. The van der Waals surface area contributed by atoms with Crippen molar-refractivity contribution in [3.8, 4) is 17.0 Å². The Hall–Kier alpha value is -2.72. The molecular weight excluding hydrogens is 438 g/mol. The Labute approximate surface area is 187 Å². The summed E-state index contributed by atoms with van der Waals surface area (Å²) < 4.78 is 41.6. The summed E-state index contributed by atoms with van der Waals surface area (Å²) in [7, 11) is 1.39. The van der Waals surface area contributed by atoms with Gasteiger partial charge in [-0.2, -0.15) is 13.9 Å². The molecule has 1 N–H and O–H groups in total. The lowest BCUT2D eigenvalue weighted by molar-refractivity contribution is -0.0498. The van der Waals surface area contributed by atoms with Gasteiger partial charge in [-0.25, -0.2) is 0 Å². The highest BCUT2D eigenvalue weighted by molar-refractivity contribution is 7.86. The summed E-state index contributed by atoms with van der Waals surface area (Å²) in [4.78, 5) is 15.3. The number of alkyl halides is 2. The van der Waals surface area contributed by atoms with Crippen molar-refractivity contribution >= 4 is 28.1 Å². The Balaban J connectivity index is 0.000000305. The number of hydrogen-bond donors (Lipinski definition) is 1. The van der Waals surface area contributed by atoms with Gasteiger partial charge in [0, 0.05) is 51.2 Å². The standard InChI is InChI=1S/C17H15F2N3O2.C5H11NOS/c1-10(2)22-14-6-11(9-23)8-20-16(14)15(21-22)12-4-3-5-13(7-12)24-17(18)19;1-5(6-2)3-8(7)4-5/h3-10,17H,1-2H3;6H,3-4H2,1-2H3. The third-order valence-corrected chi connectivity index (χ3v) is 7.01. The molecule has 4 rings (SSSR count). The number of aldehydes is 1. The summed E-state index contributed by atoms with van der Waals surface area (Å²) in [6, 6.07) is 8.08. The maximum Gasteiger partial charge on any atom is 0.387 e. The normalized spacial score (nSPS) is 20.1. The first-order valence-electron chi connectivity index (χ1n) is 10.1. The monoisotopic (exact) mass is 464 g/mol. The van der Waals surface area contributed by atoms with Gasteiger partial charge in [0.25, 0.3) is 0 Å². The zero-order chi connectivity index (χ0) is 23.5. The van der Waals surface area contributed by atoms with E-state index >= 15 is 0 Å². The Morgan fingerprint density at radius 3 is 2.53 bits per heavy atom. The van der Waals surface area contributed by atoms with Crippen molar-refractivity contribution in [1.82, 2.24) is 20.1 Å². The van der Waals surface area contributed by atoms with E-state index in [1.165, 1.54) is 18.3 Å². The van der Waals surface area contributed by atoms with Gasteiger partial charge in [-0.15, -0.1) is 0 Å². The molecule has 0 bridgehead atoms. The maximum atomic E-state index is 12.4. The number of fused-ring (bicyclic) bond motifs is 1. The minimum absolute atomic E-state index is 0.0467. The van der Waals surface area contributed by atoms with Gasteiger partial charge in [0.05, 0.1) is 5.52 Å². The molecule has 0 saturated carbocycles. The molecule has 0 atom stereocenters. The Morgan fingerprint density at radius 1 is 1.28 bits per heavy atom. The zero-order valence-corrected chi connectivity index (χ0v) is 19.2. The fourth-order valence-corrected chi connectivity index (χ4v) is 4.94. The summed E-state index contributed by atoms with van der Waals surface area (Å²) >= 11 is 0. The predicted octanol–water partition coefficient (Wildman–Crippen LogP) is 3.82. The van der Waals surface area contributed by atoms with Crippen LogP contribution in [0, 0.1) is 0 Å². The topological polar surface area (TPSA) is 86.1 Å². The third-order valence-electron chi connectivity index (χ3n) is 5.09. The number of nitrogens with zero attached hydrogens (tertiary/aromatic N) is 3. The van der Waals surface area contributed by atoms with Crippen LogP contribution in [0.25, 0.3) is 22.3 Å². The van der Waals surface area contributed by atoms with Gasteiger partial charge in [0.15, 0.2) is 6.29 Å². The Morgan fingerprint density at radius 2 is 2.00 bits per heavy atom. The van der Waals surface area contributed by atoms with Crippen molar-refractivity contribution in [3.05, 3.63) is 42.1 Å². The van der Waals surface area contributed by atoms with E-state index in [0.29, 0.717) is 27.9 Å². The molecule has 0 spiro atoms. The summed E-state index contributed by atoms with van der Waals surface area (Å²) in [6.07, 6.45) is 2.19. The highest BCUT2D eigenvalue weighted by Crippen LogP contribution is 2.31. The van der Waals surface area contributed by atoms with Crippen LogP contribution in [-0.2, 0) is 10.8 Å². The van der Waals surface area contributed by atoms with Crippen LogP contribution in [-0.4, -0.2) is 56.0 Å². The number of hydrogen-bond acceptors (Lipinski definition) is 6. The molecule has 1 aliphatic heterocycles. The number of carbonyl (C=O) groups is 1. The van der Waals surface area contributed by atoms with Crippen molar-refractivity contribution in [2.45, 2.75) is 39.0 Å². The van der Waals surface area contributed by atoms with Crippen LogP contribution in [0.15, 0.2) is 36.5 Å². The lowest BCUT2D eigenvalue weighted by atomic mass is 10.1. The third kappa shape index (κ3) is 5.36. The van der Waals surface area contributed by atoms with Crippen molar-refractivity contribution in [2.24, 2.45) is 0 Å². The largest absolute Gasteiger partial charge is 0.435 e. The van der Waals surface area contributed by atoms with E-state index < -0.39 is 17.4 Å². The van der Waals surface area contributed by atoms with E-state index in [1.54, 1.807) is 22.9 Å². The quantitative estimate of drug-likeness (QED) is 0.558. The lowest BCUT2D eigenvalue weighted by Gasteiger charge is -2.36. The minimum Gasteiger partial charge on any atom is -0.435 e. The first-order valence-corrected chi connectivity index (χ1v) is 11.6. The molecule has 3 heterocycles. The second-order valence-corrected chi connectivity index (χ2v) is 9.54. The van der Waals surface area contributed by atoms with Gasteiger partial charge in [0.2, 0.25) is 0 Å². The fourth-order valence-electron chi connectivity index (χ4n) is 3.32. The van der Waals surface area contributed by atoms with Gasteiger partial charge >= 0.3 is 6.61 Å². The summed E-state index contributed by atoms with van der Waals surface area (Å²) in [6.45, 7) is 3.12. The number of pyridine rings is 1. The molecule has 3 aromatic rings. The maximum absolute atomic E-state index is 12.4. The van der Waals surface area contributed by atoms with E-state index in [4.69, 9.17) is 0 Å². The van der Waals surface area contributed by atoms with Crippen LogP contribution in [0.5, 0.6) is 5.75 Å².